The highest BCUT2D eigenvalue weighted by molar-refractivity contribution is 5.95. The van der Waals surface area contributed by atoms with Crippen molar-refractivity contribution in [2.75, 3.05) is 19.7 Å². The Labute approximate surface area is 108 Å². The molecule has 1 saturated heterocycles. The molecule has 1 amide bonds. The summed E-state index contributed by atoms with van der Waals surface area (Å²) < 4.78 is 27.4. The number of benzene rings is 1. The zero-order chi connectivity index (χ0) is 14.0. The standard InChI is InChI=1S/C13H12F2N2O2/c14-10-3-9(5-16)4-11(15)12(10)13(19)17-2-1-8(6-17)7-18/h3-4,8,18H,1-2,6-7H2. The van der Waals surface area contributed by atoms with Gasteiger partial charge in [0.1, 0.15) is 17.2 Å². The molecule has 6 heteroatoms. The minimum atomic E-state index is -1.03. The Kier molecular flexibility index (Phi) is 3.76. The van der Waals surface area contributed by atoms with Gasteiger partial charge in [-0.05, 0) is 18.6 Å². The van der Waals surface area contributed by atoms with E-state index in [1.165, 1.54) is 4.90 Å². The molecule has 19 heavy (non-hydrogen) atoms. The average molecular weight is 266 g/mol. The lowest BCUT2D eigenvalue weighted by Gasteiger charge is -2.17. The van der Waals surface area contributed by atoms with Crippen molar-refractivity contribution in [1.82, 2.24) is 4.90 Å². The summed E-state index contributed by atoms with van der Waals surface area (Å²) >= 11 is 0. The van der Waals surface area contributed by atoms with Crippen LogP contribution < -0.4 is 0 Å². The van der Waals surface area contributed by atoms with Gasteiger partial charge in [0, 0.05) is 25.6 Å². The Morgan fingerprint density at radius 1 is 1.47 bits per heavy atom. The van der Waals surface area contributed by atoms with E-state index in [0.29, 0.717) is 13.0 Å². The lowest BCUT2D eigenvalue weighted by Crippen LogP contribution is -2.30. The molecule has 1 fully saturated rings. The summed E-state index contributed by atoms with van der Waals surface area (Å²) in [6.45, 7) is 0.596. The van der Waals surface area contributed by atoms with Crippen molar-refractivity contribution in [1.29, 1.82) is 5.26 Å². The van der Waals surface area contributed by atoms with E-state index < -0.39 is 23.1 Å². The summed E-state index contributed by atoms with van der Waals surface area (Å²) in [5, 5.41) is 17.6. The van der Waals surface area contributed by atoms with Gasteiger partial charge < -0.3 is 10.0 Å². The van der Waals surface area contributed by atoms with Crippen LogP contribution in [0.1, 0.15) is 22.3 Å². The van der Waals surface area contributed by atoms with Gasteiger partial charge >= 0.3 is 0 Å². The number of hydrogen-bond acceptors (Lipinski definition) is 3. The van der Waals surface area contributed by atoms with Crippen molar-refractivity contribution >= 4 is 5.91 Å². The fourth-order valence-electron chi connectivity index (χ4n) is 2.17. The monoisotopic (exact) mass is 266 g/mol. The SMILES string of the molecule is N#Cc1cc(F)c(C(=O)N2CCC(CO)C2)c(F)c1. The van der Waals surface area contributed by atoms with Crippen LogP contribution in [-0.2, 0) is 0 Å². The van der Waals surface area contributed by atoms with Gasteiger partial charge in [0.2, 0.25) is 0 Å². The Morgan fingerprint density at radius 2 is 2.11 bits per heavy atom. The molecule has 0 aromatic heterocycles. The first-order valence-corrected chi connectivity index (χ1v) is 5.86. The summed E-state index contributed by atoms with van der Waals surface area (Å²) in [6, 6.07) is 3.31. The van der Waals surface area contributed by atoms with Gasteiger partial charge in [-0.25, -0.2) is 8.78 Å². The van der Waals surface area contributed by atoms with E-state index in [0.717, 1.165) is 12.1 Å². The van der Waals surface area contributed by atoms with E-state index in [2.05, 4.69) is 0 Å². The van der Waals surface area contributed by atoms with Crippen LogP contribution in [0.15, 0.2) is 12.1 Å². The number of carbonyl (C=O) groups excluding carboxylic acids is 1. The third-order valence-electron chi connectivity index (χ3n) is 3.22. The van der Waals surface area contributed by atoms with E-state index in [-0.39, 0.29) is 24.6 Å². The van der Waals surface area contributed by atoms with Crippen molar-refractivity contribution in [2.45, 2.75) is 6.42 Å². The number of hydrogen-bond donors (Lipinski definition) is 1. The maximum Gasteiger partial charge on any atom is 0.259 e. The molecule has 2 rings (SSSR count). The molecule has 1 atom stereocenters. The molecule has 1 unspecified atom stereocenters. The number of likely N-dealkylation sites (tertiary alicyclic amines) is 1. The molecular formula is C13H12F2N2O2. The lowest BCUT2D eigenvalue weighted by molar-refractivity contribution is 0.0772. The predicted molar refractivity (Wildman–Crippen MR) is 62.2 cm³/mol. The lowest BCUT2D eigenvalue weighted by atomic mass is 10.1. The maximum atomic E-state index is 13.7. The average Bonchev–Trinajstić information content (AvgIpc) is 2.86. The number of carbonyl (C=O) groups is 1. The molecule has 1 aromatic carbocycles. The summed E-state index contributed by atoms with van der Waals surface area (Å²) in [5.74, 6) is -2.85. The third-order valence-corrected chi connectivity index (χ3v) is 3.22. The number of amides is 1. The summed E-state index contributed by atoms with van der Waals surface area (Å²) in [4.78, 5) is 13.3. The number of nitriles is 1. The smallest absolute Gasteiger partial charge is 0.259 e. The quantitative estimate of drug-likeness (QED) is 0.877. The van der Waals surface area contributed by atoms with Gasteiger partial charge in [0.15, 0.2) is 0 Å². The first-order valence-electron chi connectivity index (χ1n) is 5.86. The zero-order valence-electron chi connectivity index (χ0n) is 10.1. The van der Waals surface area contributed by atoms with Gasteiger partial charge in [-0.1, -0.05) is 0 Å². The number of nitrogens with zero attached hydrogens (tertiary/aromatic N) is 2. The van der Waals surface area contributed by atoms with Crippen LogP contribution in [0.3, 0.4) is 0 Å². The van der Waals surface area contributed by atoms with Crippen molar-refractivity contribution in [3.8, 4) is 6.07 Å². The highest BCUT2D eigenvalue weighted by Crippen LogP contribution is 2.22. The van der Waals surface area contributed by atoms with Crippen molar-refractivity contribution < 1.29 is 18.7 Å². The normalized spacial score (nSPS) is 18.4. The molecule has 0 saturated carbocycles. The second kappa shape index (κ2) is 5.33. The molecule has 1 N–H and O–H groups in total. The van der Waals surface area contributed by atoms with E-state index in [1.54, 1.807) is 6.07 Å². The minimum Gasteiger partial charge on any atom is -0.396 e. The van der Waals surface area contributed by atoms with Gasteiger partial charge in [-0.15, -0.1) is 0 Å². The fourth-order valence-corrected chi connectivity index (χ4v) is 2.17. The van der Waals surface area contributed by atoms with E-state index in [9.17, 15) is 13.6 Å². The Morgan fingerprint density at radius 3 is 2.58 bits per heavy atom. The second-order valence-electron chi connectivity index (χ2n) is 4.52. The highest BCUT2D eigenvalue weighted by Gasteiger charge is 2.30. The van der Waals surface area contributed by atoms with Gasteiger partial charge in [0.05, 0.1) is 11.6 Å². The molecule has 0 bridgehead atoms. The van der Waals surface area contributed by atoms with Crippen LogP contribution in [0.2, 0.25) is 0 Å². The molecule has 1 aliphatic heterocycles. The van der Waals surface area contributed by atoms with Crippen LogP contribution in [0.25, 0.3) is 0 Å². The molecule has 4 nitrogen and oxygen atoms in total. The number of halogens is 2. The minimum absolute atomic E-state index is 0.0477. The van der Waals surface area contributed by atoms with Gasteiger partial charge in [-0.3, -0.25) is 4.79 Å². The second-order valence-corrected chi connectivity index (χ2v) is 4.52. The maximum absolute atomic E-state index is 13.7. The molecular weight excluding hydrogens is 254 g/mol. The number of rotatable bonds is 2. The molecule has 1 aliphatic rings. The zero-order valence-corrected chi connectivity index (χ0v) is 10.1. The Hall–Kier alpha value is -2.00. The van der Waals surface area contributed by atoms with Crippen LogP contribution in [-0.4, -0.2) is 35.6 Å². The van der Waals surface area contributed by atoms with Crippen LogP contribution >= 0.6 is 0 Å². The van der Waals surface area contributed by atoms with E-state index >= 15 is 0 Å². The first kappa shape index (κ1) is 13.4. The molecule has 1 heterocycles. The third kappa shape index (κ3) is 2.56. The Bertz CT molecular complexity index is 531. The van der Waals surface area contributed by atoms with Crippen molar-refractivity contribution in [3.63, 3.8) is 0 Å². The van der Waals surface area contributed by atoms with Crippen molar-refractivity contribution in [3.05, 3.63) is 34.9 Å². The largest absolute Gasteiger partial charge is 0.396 e. The molecule has 1 aromatic rings. The predicted octanol–water partition coefficient (Wildman–Crippen LogP) is 1.29. The summed E-state index contributed by atoms with van der Waals surface area (Å²) in [5.41, 5.74) is -0.807. The van der Waals surface area contributed by atoms with Crippen LogP contribution in [0.4, 0.5) is 8.78 Å². The Balaban J connectivity index is 2.28. The first-order chi connectivity index (χ1) is 9.06. The van der Waals surface area contributed by atoms with Gasteiger partial charge in [0.25, 0.3) is 5.91 Å². The van der Waals surface area contributed by atoms with E-state index in [1.807, 2.05) is 0 Å². The number of aliphatic hydroxyl groups is 1. The molecule has 0 aliphatic carbocycles. The van der Waals surface area contributed by atoms with E-state index in [4.69, 9.17) is 10.4 Å². The van der Waals surface area contributed by atoms with Crippen molar-refractivity contribution in [2.24, 2.45) is 5.92 Å². The highest BCUT2D eigenvalue weighted by atomic mass is 19.1. The summed E-state index contributed by atoms with van der Waals surface area (Å²) in [6.07, 6.45) is 0.613. The van der Waals surface area contributed by atoms with Crippen LogP contribution in [0.5, 0.6) is 0 Å². The van der Waals surface area contributed by atoms with Gasteiger partial charge in [-0.2, -0.15) is 5.26 Å². The molecule has 100 valence electrons. The molecule has 0 radical (unpaired) electrons. The fraction of sp³-hybridized carbons (Fsp3) is 0.385. The topological polar surface area (TPSA) is 64.3 Å². The summed E-state index contributed by atoms with van der Waals surface area (Å²) in [7, 11) is 0. The molecule has 0 spiro atoms. The van der Waals surface area contributed by atoms with Crippen LogP contribution in [0, 0.1) is 28.9 Å². The number of aliphatic hydroxyl groups excluding tert-OH is 1.